The van der Waals surface area contributed by atoms with E-state index in [9.17, 15) is 4.79 Å². The standard InChI is InChI=1S/C12H23NO2.ClH/c1-2-7-12(14)15-11-6-10-13-8-4-3-5-9-13;/h2-11H2,1H3;1H. The van der Waals surface area contributed by atoms with Crippen LogP contribution in [0, 0.1) is 0 Å². The minimum Gasteiger partial charge on any atom is -0.466 e. The molecular formula is C12H24ClNO2. The van der Waals surface area contributed by atoms with Crippen LogP contribution in [0.5, 0.6) is 0 Å². The minimum atomic E-state index is -0.0452. The molecule has 1 heterocycles. The van der Waals surface area contributed by atoms with E-state index < -0.39 is 0 Å². The Labute approximate surface area is 105 Å². The van der Waals surface area contributed by atoms with Crippen LogP contribution in [0.2, 0.25) is 0 Å². The summed E-state index contributed by atoms with van der Waals surface area (Å²) in [7, 11) is 0. The van der Waals surface area contributed by atoms with Gasteiger partial charge in [-0.15, -0.1) is 12.4 Å². The van der Waals surface area contributed by atoms with Crippen molar-refractivity contribution in [2.75, 3.05) is 26.2 Å². The number of likely N-dealkylation sites (tertiary alicyclic amines) is 1. The predicted octanol–water partition coefficient (Wildman–Crippen LogP) is 2.63. The summed E-state index contributed by atoms with van der Waals surface area (Å²) in [6, 6.07) is 0. The lowest BCUT2D eigenvalue weighted by molar-refractivity contribution is -0.143. The Hall–Kier alpha value is -0.280. The zero-order valence-corrected chi connectivity index (χ0v) is 11.1. The Balaban J connectivity index is 0.00000225. The second kappa shape index (κ2) is 9.91. The van der Waals surface area contributed by atoms with Crippen LogP contribution in [0.3, 0.4) is 0 Å². The van der Waals surface area contributed by atoms with E-state index >= 15 is 0 Å². The van der Waals surface area contributed by atoms with E-state index in [2.05, 4.69) is 4.90 Å². The van der Waals surface area contributed by atoms with Crippen LogP contribution < -0.4 is 0 Å². The first-order chi connectivity index (χ1) is 7.33. The molecule has 1 aliphatic heterocycles. The number of rotatable bonds is 6. The Bertz CT molecular complexity index is 182. The van der Waals surface area contributed by atoms with E-state index in [0.717, 1.165) is 19.4 Å². The largest absolute Gasteiger partial charge is 0.466 e. The van der Waals surface area contributed by atoms with Gasteiger partial charge in [0.15, 0.2) is 0 Å². The van der Waals surface area contributed by atoms with Crippen LogP contribution in [0.4, 0.5) is 0 Å². The average Bonchev–Trinajstić information content (AvgIpc) is 2.26. The highest BCUT2D eigenvalue weighted by atomic mass is 35.5. The lowest BCUT2D eigenvalue weighted by Gasteiger charge is -2.26. The molecule has 0 saturated carbocycles. The van der Waals surface area contributed by atoms with Gasteiger partial charge >= 0.3 is 5.97 Å². The number of halogens is 1. The molecule has 0 unspecified atom stereocenters. The van der Waals surface area contributed by atoms with Gasteiger partial charge in [0, 0.05) is 13.0 Å². The van der Waals surface area contributed by atoms with Crippen LogP contribution in [-0.2, 0) is 9.53 Å². The third kappa shape index (κ3) is 7.07. The first kappa shape index (κ1) is 15.7. The predicted molar refractivity (Wildman–Crippen MR) is 68.0 cm³/mol. The monoisotopic (exact) mass is 249 g/mol. The lowest BCUT2D eigenvalue weighted by Crippen LogP contribution is -2.31. The van der Waals surface area contributed by atoms with Crippen LogP contribution in [0.1, 0.15) is 45.4 Å². The molecule has 0 amide bonds. The van der Waals surface area contributed by atoms with E-state index in [-0.39, 0.29) is 18.4 Å². The van der Waals surface area contributed by atoms with Gasteiger partial charge in [-0.05, 0) is 38.8 Å². The molecule has 96 valence electrons. The topological polar surface area (TPSA) is 29.5 Å². The van der Waals surface area contributed by atoms with Crippen molar-refractivity contribution in [3.63, 3.8) is 0 Å². The first-order valence-corrected chi connectivity index (χ1v) is 6.21. The number of hydrogen-bond donors (Lipinski definition) is 0. The molecule has 0 aromatic heterocycles. The SMILES string of the molecule is CCCC(=O)OCCCN1CCCCC1.Cl. The van der Waals surface area contributed by atoms with Crippen molar-refractivity contribution < 1.29 is 9.53 Å². The van der Waals surface area contributed by atoms with Crippen molar-refractivity contribution in [2.45, 2.75) is 45.4 Å². The molecule has 3 nitrogen and oxygen atoms in total. The second-order valence-corrected chi connectivity index (χ2v) is 4.23. The Morgan fingerprint density at radius 3 is 2.56 bits per heavy atom. The number of carbonyl (C=O) groups excluding carboxylic acids is 1. The molecule has 1 saturated heterocycles. The second-order valence-electron chi connectivity index (χ2n) is 4.23. The van der Waals surface area contributed by atoms with E-state index in [1.54, 1.807) is 0 Å². The smallest absolute Gasteiger partial charge is 0.305 e. The quantitative estimate of drug-likeness (QED) is 0.535. The Morgan fingerprint density at radius 2 is 1.94 bits per heavy atom. The maximum absolute atomic E-state index is 11.1. The van der Waals surface area contributed by atoms with Gasteiger partial charge in [-0.2, -0.15) is 0 Å². The zero-order valence-electron chi connectivity index (χ0n) is 10.2. The number of carbonyl (C=O) groups is 1. The number of piperidine rings is 1. The molecule has 1 rings (SSSR count). The molecule has 1 aliphatic rings. The summed E-state index contributed by atoms with van der Waals surface area (Å²) < 4.78 is 5.11. The Morgan fingerprint density at radius 1 is 1.25 bits per heavy atom. The summed E-state index contributed by atoms with van der Waals surface area (Å²) >= 11 is 0. The molecule has 16 heavy (non-hydrogen) atoms. The third-order valence-corrected chi connectivity index (χ3v) is 2.78. The molecule has 0 spiro atoms. The number of esters is 1. The summed E-state index contributed by atoms with van der Waals surface area (Å²) in [5.74, 6) is -0.0452. The number of ether oxygens (including phenoxy) is 1. The molecule has 0 atom stereocenters. The van der Waals surface area contributed by atoms with Crippen molar-refractivity contribution >= 4 is 18.4 Å². The number of hydrogen-bond acceptors (Lipinski definition) is 3. The highest BCUT2D eigenvalue weighted by Gasteiger charge is 2.09. The van der Waals surface area contributed by atoms with Gasteiger partial charge in [-0.3, -0.25) is 4.79 Å². The fourth-order valence-electron chi connectivity index (χ4n) is 1.93. The van der Waals surface area contributed by atoms with Gasteiger partial charge in [-0.1, -0.05) is 13.3 Å². The van der Waals surface area contributed by atoms with Gasteiger partial charge in [0.1, 0.15) is 0 Å². The van der Waals surface area contributed by atoms with Crippen LogP contribution >= 0.6 is 12.4 Å². The molecule has 0 aliphatic carbocycles. The highest BCUT2D eigenvalue weighted by molar-refractivity contribution is 5.85. The summed E-state index contributed by atoms with van der Waals surface area (Å²) in [4.78, 5) is 13.5. The van der Waals surface area contributed by atoms with Crippen LogP contribution in [0.25, 0.3) is 0 Å². The minimum absolute atomic E-state index is 0. The van der Waals surface area contributed by atoms with Crippen molar-refractivity contribution in [1.29, 1.82) is 0 Å². The fourth-order valence-corrected chi connectivity index (χ4v) is 1.93. The summed E-state index contributed by atoms with van der Waals surface area (Å²) in [6.07, 6.45) is 6.46. The first-order valence-electron chi connectivity index (χ1n) is 6.21. The van der Waals surface area contributed by atoms with E-state index in [1.165, 1.54) is 32.4 Å². The highest BCUT2D eigenvalue weighted by Crippen LogP contribution is 2.08. The zero-order chi connectivity index (χ0) is 10.9. The molecule has 1 fully saturated rings. The average molecular weight is 250 g/mol. The summed E-state index contributed by atoms with van der Waals surface area (Å²) in [5.41, 5.74) is 0. The third-order valence-electron chi connectivity index (χ3n) is 2.78. The molecule has 0 aromatic rings. The molecular weight excluding hydrogens is 226 g/mol. The van der Waals surface area contributed by atoms with E-state index in [0.29, 0.717) is 13.0 Å². The van der Waals surface area contributed by atoms with Gasteiger partial charge in [0.25, 0.3) is 0 Å². The maximum atomic E-state index is 11.1. The Kier molecular flexibility index (Phi) is 9.74. The van der Waals surface area contributed by atoms with Gasteiger partial charge in [0.05, 0.1) is 6.61 Å². The fraction of sp³-hybridized carbons (Fsp3) is 0.917. The van der Waals surface area contributed by atoms with E-state index in [1.807, 2.05) is 6.92 Å². The van der Waals surface area contributed by atoms with Crippen molar-refractivity contribution in [1.82, 2.24) is 4.90 Å². The van der Waals surface area contributed by atoms with Crippen molar-refractivity contribution in [2.24, 2.45) is 0 Å². The molecule has 0 aromatic carbocycles. The normalized spacial score (nSPS) is 16.6. The van der Waals surface area contributed by atoms with Gasteiger partial charge in [-0.25, -0.2) is 0 Å². The molecule has 0 N–H and O–H groups in total. The van der Waals surface area contributed by atoms with Crippen LogP contribution in [-0.4, -0.2) is 37.1 Å². The van der Waals surface area contributed by atoms with E-state index in [4.69, 9.17) is 4.74 Å². The maximum Gasteiger partial charge on any atom is 0.305 e. The van der Waals surface area contributed by atoms with Gasteiger partial charge in [0.2, 0.25) is 0 Å². The molecule has 4 heteroatoms. The number of nitrogens with zero attached hydrogens (tertiary/aromatic N) is 1. The van der Waals surface area contributed by atoms with Crippen molar-refractivity contribution in [3.8, 4) is 0 Å². The lowest BCUT2D eigenvalue weighted by atomic mass is 10.1. The van der Waals surface area contributed by atoms with Crippen LogP contribution in [0.15, 0.2) is 0 Å². The summed E-state index contributed by atoms with van der Waals surface area (Å²) in [5, 5.41) is 0. The van der Waals surface area contributed by atoms with Crippen molar-refractivity contribution in [3.05, 3.63) is 0 Å². The molecule has 0 radical (unpaired) electrons. The molecule has 0 bridgehead atoms. The van der Waals surface area contributed by atoms with Gasteiger partial charge < -0.3 is 9.64 Å². The summed E-state index contributed by atoms with van der Waals surface area (Å²) in [6.45, 7) is 6.12.